The van der Waals surface area contributed by atoms with Crippen LogP contribution in [0.15, 0.2) is 18.2 Å². The molecule has 0 fully saturated rings. The number of nitrogens with zero attached hydrogens (tertiary/aromatic N) is 1. The number of ketones is 1. The van der Waals surface area contributed by atoms with Crippen LogP contribution in [0, 0.1) is 17.1 Å². The number of hydrogen-bond donors (Lipinski definition) is 0. The second kappa shape index (κ2) is 5.86. The van der Waals surface area contributed by atoms with E-state index in [9.17, 15) is 9.18 Å². The van der Waals surface area contributed by atoms with Crippen LogP contribution < -0.4 is 4.74 Å². The second-order valence-corrected chi connectivity index (χ2v) is 3.16. The second-order valence-electron chi connectivity index (χ2n) is 3.16. The highest BCUT2D eigenvalue weighted by Gasteiger charge is 2.09. The van der Waals surface area contributed by atoms with E-state index in [4.69, 9.17) is 10.00 Å². The lowest BCUT2D eigenvalue weighted by atomic mass is 10.1. The molecule has 1 rings (SSSR count). The molecule has 0 N–H and O–H groups in total. The maximum Gasteiger partial charge on any atom is 0.165 e. The molecule has 0 radical (unpaired) electrons. The molecule has 0 saturated carbocycles. The van der Waals surface area contributed by atoms with Gasteiger partial charge in [0.15, 0.2) is 17.3 Å². The monoisotopic (exact) mass is 221 g/mol. The highest BCUT2D eigenvalue weighted by Crippen LogP contribution is 2.19. The van der Waals surface area contributed by atoms with Gasteiger partial charge in [-0.1, -0.05) is 0 Å². The highest BCUT2D eigenvalue weighted by molar-refractivity contribution is 5.96. The third-order valence-corrected chi connectivity index (χ3v) is 2.02. The van der Waals surface area contributed by atoms with Crippen molar-refractivity contribution in [3.63, 3.8) is 0 Å². The summed E-state index contributed by atoms with van der Waals surface area (Å²) in [7, 11) is 0. The quantitative estimate of drug-likeness (QED) is 0.718. The van der Waals surface area contributed by atoms with Crippen molar-refractivity contribution in [2.45, 2.75) is 19.8 Å². The molecule has 0 bridgehead atoms. The standard InChI is InChI=1S/C12H12FNO2/c1-2-16-12-6-5-9(8-10(12)13)11(15)4-3-7-14/h5-6,8H,2-4H2,1H3. The van der Waals surface area contributed by atoms with Crippen LogP contribution in [0.2, 0.25) is 0 Å². The number of nitriles is 1. The number of hydrogen-bond acceptors (Lipinski definition) is 3. The van der Waals surface area contributed by atoms with Gasteiger partial charge < -0.3 is 4.74 Å². The summed E-state index contributed by atoms with van der Waals surface area (Å²) in [5, 5.41) is 8.33. The van der Waals surface area contributed by atoms with E-state index in [1.54, 1.807) is 6.92 Å². The number of carbonyl (C=O) groups excluding carboxylic acids is 1. The van der Waals surface area contributed by atoms with Crippen LogP contribution in [-0.2, 0) is 0 Å². The Labute approximate surface area is 93.5 Å². The van der Waals surface area contributed by atoms with Crippen molar-refractivity contribution in [1.29, 1.82) is 5.26 Å². The van der Waals surface area contributed by atoms with Crippen molar-refractivity contribution in [3.8, 4) is 11.8 Å². The predicted molar refractivity (Wildman–Crippen MR) is 56.7 cm³/mol. The molecular weight excluding hydrogens is 209 g/mol. The Morgan fingerprint density at radius 2 is 2.31 bits per heavy atom. The minimum atomic E-state index is -0.551. The zero-order chi connectivity index (χ0) is 12.0. The largest absolute Gasteiger partial charge is 0.491 e. The van der Waals surface area contributed by atoms with E-state index in [1.807, 2.05) is 6.07 Å². The van der Waals surface area contributed by atoms with Gasteiger partial charge in [0, 0.05) is 18.4 Å². The van der Waals surface area contributed by atoms with Crippen molar-refractivity contribution in [3.05, 3.63) is 29.6 Å². The Balaban J connectivity index is 2.80. The lowest BCUT2D eigenvalue weighted by Gasteiger charge is -2.05. The van der Waals surface area contributed by atoms with Gasteiger partial charge in [-0.3, -0.25) is 4.79 Å². The number of benzene rings is 1. The number of ether oxygens (including phenoxy) is 1. The van der Waals surface area contributed by atoms with Gasteiger partial charge in [-0.05, 0) is 25.1 Å². The van der Waals surface area contributed by atoms with Gasteiger partial charge in [0.05, 0.1) is 12.7 Å². The van der Waals surface area contributed by atoms with Crippen LogP contribution in [-0.4, -0.2) is 12.4 Å². The van der Waals surface area contributed by atoms with Crippen molar-refractivity contribution in [1.82, 2.24) is 0 Å². The first-order valence-electron chi connectivity index (χ1n) is 5.01. The fraction of sp³-hybridized carbons (Fsp3) is 0.333. The van der Waals surface area contributed by atoms with Gasteiger partial charge in [-0.2, -0.15) is 5.26 Å². The van der Waals surface area contributed by atoms with Crippen molar-refractivity contribution >= 4 is 5.78 Å². The Hall–Kier alpha value is -1.89. The highest BCUT2D eigenvalue weighted by atomic mass is 19.1. The molecule has 0 aliphatic rings. The fourth-order valence-electron chi connectivity index (χ4n) is 1.26. The Morgan fingerprint density at radius 1 is 1.56 bits per heavy atom. The molecule has 1 aromatic rings. The molecule has 0 heterocycles. The van der Waals surface area contributed by atoms with Crippen molar-refractivity contribution in [2.75, 3.05) is 6.61 Å². The van der Waals surface area contributed by atoms with E-state index in [1.165, 1.54) is 12.1 Å². The topological polar surface area (TPSA) is 50.1 Å². The number of halogens is 1. The maximum absolute atomic E-state index is 13.4. The first-order valence-corrected chi connectivity index (χ1v) is 5.01. The molecule has 0 atom stereocenters. The summed E-state index contributed by atoms with van der Waals surface area (Å²) in [6.07, 6.45) is 0.261. The minimum absolute atomic E-state index is 0.115. The number of Topliss-reactive ketones (excluding diaryl/α,β-unsaturated/α-hetero) is 1. The molecule has 0 spiro atoms. The maximum atomic E-state index is 13.4. The molecule has 0 saturated heterocycles. The van der Waals surface area contributed by atoms with Crippen LogP contribution >= 0.6 is 0 Å². The Bertz CT molecular complexity index is 424. The van der Waals surface area contributed by atoms with E-state index < -0.39 is 5.82 Å². The zero-order valence-electron chi connectivity index (χ0n) is 9.00. The van der Waals surface area contributed by atoms with Gasteiger partial charge in [-0.15, -0.1) is 0 Å². The van der Waals surface area contributed by atoms with Crippen LogP contribution in [0.1, 0.15) is 30.1 Å². The molecular formula is C12H12FNO2. The van der Waals surface area contributed by atoms with Crippen LogP contribution in [0.25, 0.3) is 0 Å². The smallest absolute Gasteiger partial charge is 0.165 e. The molecule has 1 aromatic carbocycles. The third-order valence-electron chi connectivity index (χ3n) is 2.02. The summed E-state index contributed by atoms with van der Waals surface area (Å²) in [5.74, 6) is -0.646. The summed E-state index contributed by atoms with van der Waals surface area (Å²) >= 11 is 0. The lowest BCUT2D eigenvalue weighted by molar-refractivity contribution is 0.0983. The predicted octanol–water partition coefficient (Wildman–Crippen LogP) is 2.71. The third kappa shape index (κ3) is 3.06. The summed E-state index contributed by atoms with van der Waals surface area (Å²) < 4.78 is 18.4. The fourth-order valence-corrected chi connectivity index (χ4v) is 1.26. The van der Waals surface area contributed by atoms with Crippen molar-refractivity contribution in [2.24, 2.45) is 0 Å². The molecule has 0 unspecified atom stereocenters. The van der Waals surface area contributed by atoms with Crippen LogP contribution in [0.3, 0.4) is 0 Å². The molecule has 0 aromatic heterocycles. The average Bonchev–Trinajstić information content (AvgIpc) is 2.29. The SMILES string of the molecule is CCOc1ccc(C(=O)CCC#N)cc1F. The Morgan fingerprint density at radius 3 is 2.88 bits per heavy atom. The zero-order valence-corrected chi connectivity index (χ0v) is 9.00. The van der Waals surface area contributed by atoms with Crippen LogP contribution in [0.5, 0.6) is 5.75 Å². The minimum Gasteiger partial charge on any atom is -0.491 e. The molecule has 0 aliphatic heterocycles. The van der Waals surface area contributed by atoms with E-state index in [0.717, 1.165) is 6.07 Å². The van der Waals surface area contributed by atoms with Crippen LogP contribution in [0.4, 0.5) is 4.39 Å². The summed E-state index contributed by atoms with van der Waals surface area (Å²) in [6.45, 7) is 2.13. The van der Waals surface area contributed by atoms with Gasteiger partial charge in [0.2, 0.25) is 0 Å². The molecule has 3 nitrogen and oxygen atoms in total. The summed E-state index contributed by atoms with van der Waals surface area (Å²) in [4.78, 5) is 11.5. The normalized spacial score (nSPS) is 9.56. The van der Waals surface area contributed by atoms with Gasteiger partial charge in [0.1, 0.15) is 0 Å². The molecule has 0 amide bonds. The van der Waals surface area contributed by atoms with Gasteiger partial charge in [-0.25, -0.2) is 4.39 Å². The van der Waals surface area contributed by atoms with Gasteiger partial charge in [0.25, 0.3) is 0 Å². The van der Waals surface area contributed by atoms with E-state index >= 15 is 0 Å². The summed E-state index contributed by atoms with van der Waals surface area (Å²) in [5.41, 5.74) is 0.274. The van der Waals surface area contributed by atoms with E-state index in [0.29, 0.717) is 6.61 Å². The Kier molecular flexibility index (Phi) is 4.46. The average molecular weight is 221 g/mol. The van der Waals surface area contributed by atoms with E-state index in [-0.39, 0.29) is 29.9 Å². The first-order chi connectivity index (χ1) is 7.69. The van der Waals surface area contributed by atoms with E-state index in [2.05, 4.69) is 0 Å². The number of rotatable bonds is 5. The molecule has 0 aliphatic carbocycles. The molecule has 16 heavy (non-hydrogen) atoms. The molecule has 84 valence electrons. The first kappa shape index (κ1) is 12.2. The van der Waals surface area contributed by atoms with Gasteiger partial charge >= 0.3 is 0 Å². The number of carbonyl (C=O) groups is 1. The lowest BCUT2D eigenvalue weighted by Crippen LogP contribution is -2.01. The van der Waals surface area contributed by atoms with Crippen molar-refractivity contribution < 1.29 is 13.9 Å². The molecule has 4 heteroatoms. The summed E-state index contributed by atoms with van der Waals surface area (Å²) in [6, 6.07) is 5.96.